The topological polar surface area (TPSA) is 145 Å². The summed E-state index contributed by atoms with van der Waals surface area (Å²) in [5, 5.41) is 0. The van der Waals surface area contributed by atoms with Crippen LogP contribution in [0.4, 0.5) is 11.6 Å². The first kappa shape index (κ1) is 39.3. The lowest BCUT2D eigenvalue weighted by Gasteiger charge is -2.46. The van der Waals surface area contributed by atoms with Crippen LogP contribution in [0.25, 0.3) is 0 Å². The molecule has 1 N–H and O–H groups in total. The maximum Gasteiger partial charge on any atom is 0.286 e. The van der Waals surface area contributed by atoms with Gasteiger partial charge in [-0.1, -0.05) is 42.8 Å². The fourth-order valence-electron chi connectivity index (χ4n) is 9.31. The van der Waals surface area contributed by atoms with Crippen LogP contribution in [0.1, 0.15) is 76.4 Å². The molecule has 57 heavy (non-hydrogen) atoms. The summed E-state index contributed by atoms with van der Waals surface area (Å²) in [6.07, 6.45) is 11.3. The first-order chi connectivity index (χ1) is 27.6. The SMILES string of the molecule is COc1nc(N2CCOCC2)ncc1C(=O)NS1(=O)=NC(=O)c2ccc3c(c2)N(C[C@@H]2CC[C@H]2[C@@H](OC)/C=C/C[C@H](C)C1)C[C@@]1(CCCc2cc(C)ccc21)CO3. The van der Waals surface area contributed by atoms with Crippen molar-refractivity contribution in [2.75, 3.05) is 75.8 Å². The summed E-state index contributed by atoms with van der Waals surface area (Å²) in [5.74, 6) is 0.161. The molecule has 1 unspecified atom stereocenters. The number of hydrogen-bond acceptors (Lipinski definition) is 11. The number of anilines is 2. The van der Waals surface area contributed by atoms with E-state index < -0.39 is 21.7 Å². The number of nitrogens with one attached hydrogen (secondary N) is 1. The lowest BCUT2D eigenvalue weighted by atomic mass is 9.68. The van der Waals surface area contributed by atoms with Gasteiger partial charge in [0.05, 0.1) is 44.5 Å². The molecule has 1 aromatic heterocycles. The maximum absolute atomic E-state index is 14.8. The summed E-state index contributed by atoms with van der Waals surface area (Å²) >= 11 is 0. The molecule has 4 heterocycles. The Balaban J connectivity index is 1.16. The van der Waals surface area contributed by atoms with E-state index in [1.807, 2.05) is 24.0 Å². The number of carbonyl (C=O) groups excluding carboxylic acids is 2. The van der Waals surface area contributed by atoms with E-state index in [4.69, 9.17) is 18.9 Å². The molecule has 1 spiro atoms. The predicted octanol–water partition coefficient (Wildman–Crippen LogP) is 5.69. The molecular formula is C43H54N6O7S. The largest absolute Gasteiger partial charge is 0.490 e. The zero-order valence-electron chi connectivity index (χ0n) is 33.4. The first-order valence-corrected chi connectivity index (χ1v) is 21.9. The summed E-state index contributed by atoms with van der Waals surface area (Å²) in [4.78, 5) is 41.4. The second-order valence-electron chi connectivity index (χ2n) is 16.4. The second kappa shape index (κ2) is 16.4. The molecule has 3 aromatic rings. The van der Waals surface area contributed by atoms with E-state index >= 15 is 0 Å². The van der Waals surface area contributed by atoms with Crippen LogP contribution in [0, 0.1) is 24.7 Å². The number of amides is 2. The normalized spacial score (nSPS) is 29.4. The molecule has 8 rings (SSSR count). The van der Waals surface area contributed by atoms with Crippen LogP contribution in [0.5, 0.6) is 11.6 Å². The third-order valence-corrected chi connectivity index (χ3v) is 14.4. The van der Waals surface area contributed by atoms with Crippen LogP contribution < -0.4 is 24.0 Å². The Kier molecular flexibility index (Phi) is 11.3. The van der Waals surface area contributed by atoms with E-state index in [1.165, 1.54) is 30.0 Å². The minimum Gasteiger partial charge on any atom is -0.490 e. The van der Waals surface area contributed by atoms with E-state index in [-0.39, 0.29) is 40.2 Å². The molecule has 2 amide bonds. The fourth-order valence-corrected chi connectivity index (χ4v) is 11.2. The Morgan fingerprint density at radius 2 is 1.93 bits per heavy atom. The maximum atomic E-state index is 14.8. The van der Waals surface area contributed by atoms with Gasteiger partial charge in [-0.2, -0.15) is 4.98 Å². The van der Waals surface area contributed by atoms with Gasteiger partial charge in [0.15, 0.2) is 0 Å². The van der Waals surface area contributed by atoms with Crippen molar-refractivity contribution in [3.63, 3.8) is 0 Å². The van der Waals surface area contributed by atoms with Crippen LogP contribution >= 0.6 is 0 Å². The van der Waals surface area contributed by atoms with Crippen molar-refractivity contribution < 1.29 is 32.7 Å². The number of morpholine rings is 1. The standard InChI is InChI=1S/C43H54N6O7S/c1-28-10-14-35-30(21-28)8-6-16-43(35)26-49-24-32-11-13-33(32)37(53-3)9-5-7-29(2)25-57(52,46-39(50)31-12-15-38(56-27-43)36(49)22-31)47-40(51)34-23-44-42(45-41(34)54-4)48-17-19-55-20-18-48/h5,9-10,12,14-15,21-23,29,32-33,37H,6-8,11,13,16-20,24-27H2,1-4H3,(H,46,47,50,51,52)/b9-5+/t29-,32-,33+,37-,43-,57?/m0/s1. The number of benzene rings is 2. The average Bonchev–Trinajstić information content (AvgIpc) is 3.35. The average molecular weight is 799 g/mol. The van der Waals surface area contributed by atoms with Crippen molar-refractivity contribution >= 4 is 33.4 Å². The van der Waals surface area contributed by atoms with Gasteiger partial charge in [-0.25, -0.2) is 9.19 Å². The lowest BCUT2D eigenvalue weighted by molar-refractivity contribution is 0.0131. The van der Waals surface area contributed by atoms with Crippen molar-refractivity contribution in [2.24, 2.45) is 22.1 Å². The second-order valence-corrected chi connectivity index (χ2v) is 18.4. The highest BCUT2D eigenvalue weighted by Crippen LogP contribution is 2.47. The Labute approximate surface area is 335 Å². The van der Waals surface area contributed by atoms with Gasteiger partial charge in [-0.05, 0) is 92.5 Å². The van der Waals surface area contributed by atoms with Gasteiger partial charge in [0.2, 0.25) is 11.8 Å². The smallest absolute Gasteiger partial charge is 0.286 e. The molecule has 1 saturated heterocycles. The van der Waals surface area contributed by atoms with Crippen LogP contribution in [-0.4, -0.2) is 98.1 Å². The number of methoxy groups -OCH3 is 2. The summed E-state index contributed by atoms with van der Waals surface area (Å²) in [7, 11) is -0.489. The van der Waals surface area contributed by atoms with Gasteiger partial charge in [0.1, 0.15) is 21.2 Å². The Hall–Kier alpha value is -4.53. The van der Waals surface area contributed by atoms with Crippen molar-refractivity contribution in [1.29, 1.82) is 0 Å². The molecule has 5 aliphatic rings. The molecule has 14 heteroatoms. The van der Waals surface area contributed by atoms with Gasteiger partial charge in [-0.3, -0.25) is 14.3 Å². The van der Waals surface area contributed by atoms with Crippen molar-refractivity contribution in [3.05, 3.63) is 82.6 Å². The van der Waals surface area contributed by atoms with E-state index in [0.29, 0.717) is 62.9 Å². The minimum atomic E-state index is -3.67. The predicted molar refractivity (Wildman–Crippen MR) is 219 cm³/mol. The first-order valence-electron chi connectivity index (χ1n) is 20.2. The number of nitrogens with zero attached hydrogens (tertiary/aromatic N) is 5. The number of aryl methyl sites for hydroxylation is 2. The number of ether oxygens (including phenoxy) is 4. The van der Waals surface area contributed by atoms with Crippen LogP contribution in [0.3, 0.4) is 0 Å². The molecule has 3 aliphatic heterocycles. The number of allylic oxidation sites excluding steroid dienone is 1. The summed E-state index contributed by atoms with van der Waals surface area (Å²) in [6.45, 7) is 8.41. The highest BCUT2D eigenvalue weighted by atomic mass is 32.2. The lowest BCUT2D eigenvalue weighted by Crippen LogP contribution is -2.49. The Morgan fingerprint density at radius 3 is 2.70 bits per heavy atom. The van der Waals surface area contributed by atoms with E-state index in [9.17, 15) is 13.8 Å². The van der Waals surface area contributed by atoms with Crippen molar-refractivity contribution in [1.82, 2.24) is 14.7 Å². The van der Waals surface area contributed by atoms with Crippen molar-refractivity contribution in [3.8, 4) is 11.6 Å². The summed E-state index contributed by atoms with van der Waals surface area (Å²) in [6, 6.07) is 12.2. The highest BCUT2D eigenvalue weighted by Gasteiger charge is 2.44. The third-order valence-electron chi connectivity index (χ3n) is 12.4. The monoisotopic (exact) mass is 798 g/mol. The molecule has 2 fully saturated rings. The zero-order chi connectivity index (χ0) is 39.7. The van der Waals surface area contributed by atoms with Gasteiger partial charge in [-0.15, -0.1) is 4.36 Å². The van der Waals surface area contributed by atoms with E-state index in [0.717, 1.165) is 50.9 Å². The molecule has 2 aromatic carbocycles. The zero-order valence-corrected chi connectivity index (χ0v) is 34.2. The minimum absolute atomic E-state index is 0.0104. The number of aromatic nitrogens is 2. The van der Waals surface area contributed by atoms with Crippen molar-refractivity contribution in [2.45, 2.75) is 63.9 Å². The molecule has 2 aliphatic carbocycles. The fraction of sp³-hybridized carbons (Fsp3) is 0.535. The molecule has 13 nitrogen and oxygen atoms in total. The number of carbonyl (C=O) groups is 2. The quantitative estimate of drug-likeness (QED) is 0.318. The van der Waals surface area contributed by atoms with Gasteiger partial charge >= 0.3 is 0 Å². The van der Waals surface area contributed by atoms with Crippen LogP contribution in [0.15, 0.2) is 59.1 Å². The molecule has 0 radical (unpaired) electrons. The number of rotatable bonds is 5. The van der Waals surface area contributed by atoms with Gasteiger partial charge in [0, 0.05) is 50.5 Å². The molecule has 304 valence electrons. The van der Waals surface area contributed by atoms with Gasteiger partial charge in [0.25, 0.3) is 11.8 Å². The Morgan fingerprint density at radius 1 is 1.09 bits per heavy atom. The molecular weight excluding hydrogens is 745 g/mol. The summed E-state index contributed by atoms with van der Waals surface area (Å²) in [5.41, 5.74) is 4.84. The number of hydrogen-bond donors (Lipinski definition) is 1. The summed E-state index contributed by atoms with van der Waals surface area (Å²) < 4.78 is 45.6. The third kappa shape index (κ3) is 8.13. The Bertz CT molecular complexity index is 2160. The highest BCUT2D eigenvalue weighted by molar-refractivity contribution is 7.92. The van der Waals surface area contributed by atoms with E-state index in [1.54, 1.807) is 13.2 Å². The van der Waals surface area contributed by atoms with Gasteiger partial charge < -0.3 is 28.7 Å². The van der Waals surface area contributed by atoms with Crippen LogP contribution in [0.2, 0.25) is 0 Å². The molecule has 6 atom stereocenters. The van der Waals surface area contributed by atoms with E-state index in [2.05, 4.69) is 61.2 Å². The number of fused-ring (bicyclic) bond motifs is 4. The van der Waals surface area contributed by atoms with Crippen LogP contribution in [-0.2, 0) is 31.2 Å². The molecule has 2 bridgehead atoms. The molecule has 1 saturated carbocycles.